The van der Waals surface area contributed by atoms with Crippen LogP contribution in [0.5, 0.6) is 5.75 Å². The molecule has 2 nitrogen and oxygen atoms in total. The lowest BCUT2D eigenvalue weighted by atomic mass is 10.2. The van der Waals surface area contributed by atoms with E-state index in [4.69, 9.17) is 4.74 Å². The maximum Gasteiger partial charge on any atom is 0.123 e. The summed E-state index contributed by atoms with van der Waals surface area (Å²) in [6.07, 6.45) is 0. The molecule has 1 rings (SSSR count). The van der Waals surface area contributed by atoms with E-state index in [0.717, 1.165) is 17.0 Å². The Morgan fingerprint density at radius 3 is 2.73 bits per heavy atom. The highest BCUT2D eigenvalue weighted by molar-refractivity contribution is 7.47. The van der Waals surface area contributed by atoms with Gasteiger partial charge in [0.05, 0.1) is 12.8 Å². The Balaban J connectivity index is 3.12. The summed E-state index contributed by atoms with van der Waals surface area (Å²) in [7, 11) is 1.63. The molecule has 0 aliphatic carbocycles. The van der Waals surface area contributed by atoms with E-state index in [1.807, 2.05) is 25.1 Å². The fourth-order valence-corrected chi connectivity index (χ4v) is 0.979. The van der Waals surface area contributed by atoms with Crippen LogP contribution in [0.15, 0.2) is 22.6 Å². The molecular formula is C8H9NOS. The Hall–Kier alpha value is -0.960. The van der Waals surface area contributed by atoms with Gasteiger partial charge in [0.1, 0.15) is 5.75 Å². The fraction of sp³-hybridized carbons (Fsp3) is 0.250. The van der Waals surface area contributed by atoms with E-state index in [9.17, 15) is 0 Å². The zero-order valence-electron chi connectivity index (χ0n) is 6.50. The van der Waals surface area contributed by atoms with Gasteiger partial charge in [-0.3, -0.25) is 0 Å². The van der Waals surface area contributed by atoms with Gasteiger partial charge in [0.25, 0.3) is 0 Å². The summed E-state index contributed by atoms with van der Waals surface area (Å²) in [5.41, 5.74) is 1.86. The van der Waals surface area contributed by atoms with Crippen LogP contribution in [0.4, 0.5) is 5.69 Å². The molecule has 0 unspecified atom stereocenters. The molecule has 0 aliphatic heterocycles. The van der Waals surface area contributed by atoms with E-state index >= 15 is 0 Å². The van der Waals surface area contributed by atoms with E-state index in [1.165, 1.54) is 0 Å². The number of nitrogens with zero attached hydrogens (tertiary/aromatic N) is 1. The van der Waals surface area contributed by atoms with Gasteiger partial charge < -0.3 is 4.74 Å². The smallest absolute Gasteiger partial charge is 0.123 e. The van der Waals surface area contributed by atoms with Gasteiger partial charge in [-0.05, 0) is 18.6 Å². The molecule has 1 aromatic carbocycles. The van der Waals surface area contributed by atoms with Crippen LogP contribution in [0.3, 0.4) is 0 Å². The minimum Gasteiger partial charge on any atom is -0.496 e. The third-order valence-electron chi connectivity index (χ3n) is 1.50. The van der Waals surface area contributed by atoms with Gasteiger partial charge in [-0.15, -0.1) is 0 Å². The SMILES string of the molecule is COc1cc(N=S)ccc1C. The van der Waals surface area contributed by atoms with Gasteiger partial charge in [-0.25, -0.2) is 0 Å². The Morgan fingerprint density at radius 1 is 1.45 bits per heavy atom. The zero-order chi connectivity index (χ0) is 8.27. The second-order valence-electron chi connectivity index (χ2n) is 2.25. The van der Waals surface area contributed by atoms with Gasteiger partial charge >= 0.3 is 0 Å². The lowest BCUT2D eigenvalue weighted by Crippen LogP contribution is -1.85. The van der Waals surface area contributed by atoms with E-state index in [1.54, 1.807) is 7.11 Å². The van der Waals surface area contributed by atoms with Crippen LogP contribution in [0, 0.1) is 6.92 Å². The number of ether oxygens (including phenoxy) is 1. The molecule has 0 saturated carbocycles. The quantitative estimate of drug-likeness (QED) is 0.674. The molecule has 0 N–H and O–H groups in total. The van der Waals surface area contributed by atoms with E-state index in [2.05, 4.69) is 16.8 Å². The van der Waals surface area contributed by atoms with Crippen LogP contribution in [0.25, 0.3) is 0 Å². The molecule has 0 amide bonds. The summed E-state index contributed by atoms with van der Waals surface area (Å²) in [4.78, 5) is 0. The number of hydrogen-bond acceptors (Lipinski definition) is 3. The minimum atomic E-state index is 0.766. The van der Waals surface area contributed by atoms with Crippen molar-refractivity contribution in [2.24, 2.45) is 4.36 Å². The first-order valence-electron chi connectivity index (χ1n) is 3.26. The fourth-order valence-electron chi connectivity index (χ4n) is 0.865. The number of hydrogen-bond donors (Lipinski definition) is 0. The molecular weight excluding hydrogens is 158 g/mol. The maximum atomic E-state index is 5.08. The lowest BCUT2D eigenvalue weighted by molar-refractivity contribution is 0.412. The summed E-state index contributed by atoms with van der Waals surface area (Å²) in [5, 5.41) is 0. The molecule has 11 heavy (non-hydrogen) atoms. The van der Waals surface area contributed by atoms with Gasteiger partial charge in [-0.2, -0.15) is 4.36 Å². The summed E-state index contributed by atoms with van der Waals surface area (Å²) in [5.74, 6) is 0.830. The third-order valence-corrected chi connectivity index (χ3v) is 1.71. The van der Waals surface area contributed by atoms with E-state index < -0.39 is 0 Å². The molecule has 1 aromatic rings. The molecule has 0 radical (unpaired) electrons. The predicted octanol–water partition coefficient (Wildman–Crippen LogP) is 2.37. The monoisotopic (exact) mass is 167 g/mol. The molecule has 0 aromatic heterocycles. The van der Waals surface area contributed by atoms with Crippen molar-refractivity contribution in [3.63, 3.8) is 0 Å². The standard InChI is InChI=1S/C8H9NOS/c1-6-3-4-7(9-11)5-8(6)10-2/h3-5H,1-2H3. The number of benzene rings is 1. The lowest BCUT2D eigenvalue weighted by Gasteiger charge is -2.03. The van der Waals surface area contributed by atoms with Crippen LogP contribution in [0.1, 0.15) is 5.56 Å². The molecule has 0 saturated heterocycles. The summed E-state index contributed by atoms with van der Waals surface area (Å²) in [6.45, 7) is 1.98. The summed E-state index contributed by atoms with van der Waals surface area (Å²) < 4.78 is 8.70. The molecule has 0 atom stereocenters. The van der Waals surface area contributed by atoms with Crippen molar-refractivity contribution in [1.82, 2.24) is 0 Å². The topological polar surface area (TPSA) is 21.6 Å². The number of aryl methyl sites for hydroxylation is 1. The highest BCUT2D eigenvalue weighted by atomic mass is 32.1. The summed E-state index contributed by atoms with van der Waals surface area (Å²) in [6, 6.07) is 5.62. The molecule has 0 bridgehead atoms. The second kappa shape index (κ2) is 3.44. The van der Waals surface area contributed by atoms with Crippen molar-refractivity contribution >= 4 is 18.1 Å². The van der Waals surface area contributed by atoms with E-state index in [0.29, 0.717) is 0 Å². The first-order chi connectivity index (χ1) is 5.27. The molecule has 0 spiro atoms. The van der Waals surface area contributed by atoms with Crippen molar-refractivity contribution in [2.45, 2.75) is 6.92 Å². The molecule has 58 valence electrons. The van der Waals surface area contributed by atoms with Crippen molar-refractivity contribution in [3.05, 3.63) is 23.8 Å². The van der Waals surface area contributed by atoms with Crippen LogP contribution in [-0.2, 0) is 12.4 Å². The Kier molecular flexibility index (Phi) is 2.54. The summed E-state index contributed by atoms with van der Waals surface area (Å²) >= 11 is 4.54. The van der Waals surface area contributed by atoms with Crippen LogP contribution in [0.2, 0.25) is 0 Å². The van der Waals surface area contributed by atoms with Crippen molar-refractivity contribution in [1.29, 1.82) is 0 Å². The number of rotatable bonds is 2. The van der Waals surface area contributed by atoms with Crippen molar-refractivity contribution in [2.75, 3.05) is 7.11 Å². The highest BCUT2D eigenvalue weighted by Gasteiger charge is 1.97. The first-order valence-corrected chi connectivity index (χ1v) is 3.62. The normalized spacial score (nSPS) is 9.27. The average Bonchev–Trinajstić information content (AvgIpc) is 2.05. The van der Waals surface area contributed by atoms with Gasteiger partial charge in [0.2, 0.25) is 0 Å². The second-order valence-corrected chi connectivity index (χ2v) is 2.43. The molecule has 0 heterocycles. The van der Waals surface area contributed by atoms with Crippen LogP contribution >= 0.6 is 0 Å². The average molecular weight is 167 g/mol. The zero-order valence-corrected chi connectivity index (χ0v) is 7.31. The Bertz CT molecular complexity index is 273. The Morgan fingerprint density at radius 2 is 2.18 bits per heavy atom. The third kappa shape index (κ3) is 1.74. The van der Waals surface area contributed by atoms with Gasteiger partial charge in [0, 0.05) is 18.5 Å². The maximum absolute atomic E-state index is 5.08. The van der Waals surface area contributed by atoms with Crippen molar-refractivity contribution < 1.29 is 4.74 Å². The molecule has 0 fully saturated rings. The van der Waals surface area contributed by atoms with E-state index in [-0.39, 0.29) is 0 Å². The Labute approximate surface area is 71.4 Å². The largest absolute Gasteiger partial charge is 0.496 e. The van der Waals surface area contributed by atoms with Gasteiger partial charge in [-0.1, -0.05) is 6.07 Å². The highest BCUT2D eigenvalue weighted by Crippen LogP contribution is 2.23. The minimum absolute atomic E-state index is 0.766. The van der Waals surface area contributed by atoms with Gasteiger partial charge in [0.15, 0.2) is 0 Å². The predicted molar refractivity (Wildman–Crippen MR) is 47.2 cm³/mol. The van der Waals surface area contributed by atoms with Crippen molar-refractivity contribution in [3.8, 4) is 5.75 Å². The number of methoxy groups -OCH3 is 1. The molecule has 0 aliphatic rings. The van der Waals surface area contributed by atoms with Crippen LogP contribution < -0.4 is 4.74 Å². The molecule has 3 heteroatoms. The van der Waals surface area contributed by atoms with Crippen LogP contribution in [-0.4, -0.2) is 7.11 Å². The first kappa shape index (κ1) is 8.14.